The number of hydrogen-bond acceptors (Lipinski definition) is 6. The maximum atomic E-state index is 12.8. The highest BCUT2D eigenvalue weighted by Gasteiger charge is 2.34. The van der Waals surface area contributed by atoms with Crippen molar-refractivity contribution in [3.05, 3.63) is 93.0 Å². The van der Waals surface area contributed by atoms with E-state index in [2.05, 4.69) is 10.8 Å². The number of amides is 1. The molecule has 2 aromatic carbocycles. The first-order valence-electron chi connectivity index (χ1n) is 11.8. The average molecular weight is 517 g/mol. The van der Waals surface area contributed by atoms with Gasteiger partial charge in [-0.15, -0.1) is 13.2 Å². The first-order valence-corrected chi connectivity index (χ1v) is 11.8. The average Bonchev–Trinajstić information content (AvgIpc) is 2.82. The van der Waals surface area contributed by atoms with Gasteiger partial charge in [0.05, 0.1) is 12.1 Å². The second-order valence-electron chi connectivity index (χ2n) is 8.97. The number of carbonyl (C=O) groups excluding carboxylic acids is 1. The number of nitrogens with zero attached hydrogens (tertiary/aromatic N) is 2. The minimum Gasteiger partial charge on any atom is -0.482 e. The molecule has 7 nitrogen and oxygen atoms in total. The van der Waals surface area contributed by atoms with Gasteiger partial charge < -0.3 is 18.8 Å². The molecular formula is C27H27F3N2O5. The first-order chi connectivity index (χ1) is 17.6. The Hall–Kier alpha value is -3.79. The van der Waals surface area contributed by atoms with E-state index in [-0.39, 0.29) is 23.3 Å². The van der Waals surface area contributed by atoms with Crippen LogP contribution in [0.15, 0.2) is 64.0 Å². The zero-order valence-electron chi connectivity index (χ0n) is 20.5. The zero-order chi connectivity index (χ0) is 26.6. The summed E-state index contributed by atoms with van der Waals surface area (Å²) in [6.07, 6.45) is -3.59. The lowest BCUT2D eigenvalue weighted by Gasteiger charge is -2.34. The zero-order valence-corrected chi connectivity index (χ0v) is 20.5. The molecule has 0 N–H and O–H groups in total. The molecule has 196 valence electrons. The molecule has 1 fully saturated rings. The Morgan fingerprint density at radius 3 is 2.30 bits per heavy atom. The van der Waals surface area contributed by atoms with Crippen LogP contribution in [0.25, 0.3) is 0 Å². The molecule has 0 saturated carbocycles. The Kier molecular flexibility index (Phi) is 7.87. The number of ether oxygens (including phenoxy) is 2. The molecule has 0 aliphatic carbocycles. The van der Waals surface area contributed by atoms with E-state index >= 15 is 0 Å². The van der Waals surface area contributed by atoms with Gasteiger partial charge in [0.15, 0.2) is 0 Å². The van der Waals surface area contributed by atoms with Crippen molar-refractivity contribution >= 4 is 5.91 Å². The third-order valence-corrected chi connectivity index (χ3v) is 5.91. The van der Waals surface area contributed by atoms with Gasteiger partial charge in [-0.2, -0.15) is 0 Å². The van der Waals surface area contributed by atoms with E-state index in [0.717, 1.165) is 22.8 Å². The van der Waals surface area contributed by atoms with Gasteiger partial charge in [-0.25, -0.2) is 0 Å². The first kappa shape index (κ1) is 26.3. The van der Waals surface area contributed by atoms with Crippen molar-refractivity contribution in [2.24, 2.45) is 0 Å². The highest BCUT2D eigenvalue weighted by atomic mass is 19.4. The van der Waals surface area contributed by atoms with Crippen molar-refractivity contribution in [1.82, 2.24) is 9.80 Å². The third-order valence-electron chi connectivity index (χ3n) is 5.91. The quantitative estimate of drug-likeness (QED) is 0.454. The molecule has 10 heteroatoms. The topological polar surface area (TPSA) is 72.2 Å². The van der Waals surface area contributed by atoms with Crippen molar-refractivity contribution in [2.45, 2.75) is 33.4 Å². The lowest BCUT2D eigenvalue weighted by Crippen LogP contribution is -2.48. The number of hydrogen-bond donors (Lipinski definition) is 0. The monoisotopic (exact) mass is 516 g/mol. The molecule has 37 heavy (non-hydrogen) atoms. The molecule has 0 atom stereocenters. The second kappa shape index (κ2) is 11.1. The van der Waals surface area contributed by atoms with Gasteiger partial charge in [0, 0.05) is 32.2 Å². The predicted molar refractivity (Wildman–Crippen MR) is 130 cm³/mol. The Bertz CT molecular complexity index is 1290. The molecule has 0 radical (unpaired) electrons. The number of carbonyl (C=O) groups is 1. The van der Waals surface area contributed by atoms with Crippen LogP contribution >= 0.6 is 0 Å². The number of halogens is 3. The van der Waals surface area contributed by atoms with Gasteiger partial charge in [-0.05, 0) is 31.5 Å². The van der Waals surface area contributed by atoms with Crippen LogP contribution in [0.5, 0.6) is 11.5 Å². The molecule has 0 spiro atoms. The number of alkyl halides is 3. The van der Waals surface area contributed by atoms with E-state index in [1.807, 2.05) is 30.9 Å². The van der Waals surface area contributed by atoms with Gasteiger partial charge >= 0.3 is 6.36 Å². The highest BCUT2D eigenvalue weighted by molar-refractivity contribution is 5.97. The van der Waals surface area contributed by atoms with E-state index in [4.69, 9.17) is 9.15 Å². The van der Waals surface area contributed by atoms with Crippen LogP contribution in [0, 0.1) is 13.8 Å². The molecule has 1 aromatic heterocycles. The lowest BCUT2D eigenvalue weighted by molar-refractivity contribution is -0.274. The Balaban J connectivity index is 1.32. The van der Waals surface area contributed by atoms with E-state index in [0.29, 0.717) is 38.5 Å². The third kappa shape index (κ3) is 7.13. The summed E-state index contributed by atoms with van der Waals surface area (Å²) in [5.74, 6) is -0.481. The summed E-state index contributed by atoms with van der Waals surface area (Å²) in [5.41, 5.74) is 2.75. The minimum atomic E-state index is -4.89. The van der Waals surface area contributed by atoms with Crippen LogP contribution in [0.3, 0.4) is 0 Å². The highest BCUT2D eigenvalue weighted by Crippen LogP contribution is 2.27. The van der Waals surface area contributed by atoms with Crippen LogP contribution in [0.2, 0.25) is 0 Å². The van der Waals surface area contributed by atoms with Gasteiger partial charge in [-0.3, -0.25) is 14.5 Å². The fourth-order valence-electron chi connectivity index (χ4n) is 4.30. The predicted octanol–water partition coefficient (Wildman–Crippen LogP) is 4.69. The molecular weight excluding hydrogens is 489 g/mol. The van der Waals surface area contributed by atoms with E-state index in [1.54, 1.807) is 0 Å². The van der Waals surface area contributed by atoms with Crippen molar-refractivity contribution < 1.29 is 31.9 Å². The molecule has 1 aliphatic rings. The maximum Gasteiger partial charge on any atom is 0.573 e. The SMILES string of the molecule is Cc1cc(C)cc(COc2coc(CN3CCN(C(=O)c4ccccc4OC(F)(F)F)CC3)cc2=O)c1. The molecule has 0 unspecified atom stereocenters. The van der Waals surface area contributed by atoms with Crippen molar-refractivity contribution in [3.63, 3.8) is 0 Å². The molecule has 2 heterocycles. The fraction of sp³-hybridized carbons (Fsp3) is 0.333. The second-order valence-corrected chi connectivity index (χ2v) is 8.97. The lowest BCUT2D eigenvalue weighted by atomic mass is 10.1. The fourth-order valence-corrected chi connectivity index (χ4v) is 4.30. The number of para-hydroxylation sites is 1. The maximum absolute atomic E-state index is 12.8. The summed E-state index contributed by atoms with van der Waals surface area (Å²) in [5, 5.41) is 0. The van der Waals surface area contributed by atoms with E-state index < -0.39 is 18.0 Å². The largest absolute Gasteiger partial charge is 0.573 e. The number of benzene rings is 2. The summed E-state index contributed by atoms with van der Waals surface area (Å²) in [4.78, 5) is 28.8. The summed E-state index contributed by atoms with van der Waals surface area (Å²) >= 11 is 0. The van der Waals surface area contributed by atoms with Crippen LogP contribution in [-0.2, 0) is 13.2 Å². The number of rotatable bonds is 7. The van der Waals surface area contributed by atoms with Gasteiger partial charge in [0.2, 0.25) is 11.2 Å². The van der Waals surface area contributed by atoms with Crippen molar-refractivity contribution in [2.75, 3.05) is 26.2 Å². The van der Waals surface area contributed by atoms with Crippen LogP contribution in [-0.4, -0.2) is 48.2 Å². The number of piperazine rings is 1. The summed E-state index contributed by atoms with van der Waals surface area (Å²) in [7, 11) is 0. The molecule has 1 aliphatic heterocycles. The molecule has 1 amide bonds. The van der Waals surface area contributed by atoms with Gasteiger partial charge in [0.1, 0.15) is 24.4 Å². The summed E-state index contributed by atoms with van der Waals surface area (Å²) in [6.45, 7) is 6.13. The van der Waals surface area contributed by atoms with E-state index in [9.17, 15) is 22.8 Å². The Labute approximate surface area is 212 Å². The van der Waals surface area contributed by atoms with Crippen LogP contribution in [0.1, 0.15) is 32.8 Å². The smallest absolute Gasteiger partial charge is 0.482 e. The van der Waals surface area contributed by atoms with Crippen LogP contribution < -0.4 is 14.9 Å². The number of aryl methyl sites for hydroxylation is 2. The van der Waals surface area contributed by atoms with E-state index in [1.165, 1.54) is 35.4 Å². The van der Waals surface area contributed by atoms with Crippen LogP contribution in [0.4, 0.5) is 13.2 Å². The Morgan fingerprint density at radius 1 is 0.973 bits per heavy atom. The standard InChI is InChI=1S/C27H27F3N2O5/c1-18-11-19(2)13-20(12-18)16-36-25-17-35-21(14-23(25)33)15-31-7-9-32(10-8-31)26(34)22-5-3-4-6-24(22)37-27(28,29)30/h3-6,11-14,17H,7-10,15-16H2,1-2H3. The van der Waals surface area contributed by atoms with Gasteiger partial charge in [-0.1, -0.05) is 41.5 Å². The normalized spacial score (nSPS) is 14.5. The molecule has 4 rings (SSSR count). The molecule has 3 aromatic rings. The minimum absolute atomic E-state index is 0.123. The van der Waals surface area contributed by atoms with Gasteiger partial charge in [0.25, 0.3) is 5.91 Å². The summed E-state index contributed by atoms with van der Waals surface area (Å²) < 4.78 is 53.4. The van der Waals surface area contributed by atoms with Crippen molar-refractivity contribution in [1.29, 1.82) is 0 Å². The molecule has 0 bridgehead atoms. The summed E-state index contributed by atoms with van der Waals surface area (Å²) in [6, 6.07) is 12.7. The molecule has 1 saturated heterocycles. The Morgan fingerprint density at radius 2 is 1.65 bits per heavy atom. The van der Waals surface area contributed by atoms with Crippen molar-refractivity contribution in [3.8, 4) is 11.5 Å².